The molecule has 47 heavy (non-hydrogen) atoms. The van der Waals surface area contributed by atoms with E-state index in [9.17, 15) is 14.9 Å². The summed E-state index contributed by atoms with van der Waals surface area (Å²) in [6, 6.07) is 7.47. The first-order valence-electron chi connectivity index (χ1n) is 16.3. The van der Waals surface area contributed by atoms with E-state index in [0.29, 0.717) is 6.61 Å². The maximum Gasteiger partial charge on any atom is 0.353 e. The molecule has 0 bridgehead atoms. The average molecular weight is 708 g/mol. The summed E-state index contributed by atoms with van der Waals surface area (Å²) in [6.07, 6.45) is -0.944. The monoisotopic (exact) mass is 707 g/mol. The van der Waals surface area contributed by atoms with Crippen LogP contribution in [-0.4, -0.2) is 64.3 Å². The molecule has 1 aromatic heterocycles. The first-order chi connectivity index (χ1) is 21.2. The third-order valence-corrected chi connectivity index (χ3v) is 24.0. The fraction of sp³-hybridized carbons (Fsp3) is 0.697. The van der Waals surface area contributed by atoms with Crippen LogP contribution >= 0.6 is 0 Å². The predicted octanol–water partition coefficient (Wildman–Crippen LogP) is 8.64. The third-order valence-electron chi connectivity index (χ3n) is 10.5. The zero-order valence-electron chi connectivity index (χ0n) is 31.1. The van der Waals surface area contributed by atoms with Gasteiger partial charge in [0.15, 0.2) is 31.2 Å². The van der Waals surface area contributed by atoms with Crippen molar-refractivity contribution < 1.29 is 27.7 Å². The lowest BCUT2D eigenvalue weighted by Crippen LogP contribution is -2.54. The van der Waals surface area contributed by atoms with Gasteiger partial charge in [0, 0.05) is 18.3 Å². The largest absolute Gasteiger partial charge is 0.432 e. The number of nitro benzene ring substituents is 1. The van der Waals surface area contributed by atoms with E-state index in [1.165, 1.54) is 22.8 Å². The fourth-order valence-corrected chi connectivity index (χ4v) is 7.95. The molecular weight excluding hydrogens is 651 g/mol. The number of aromatic nitrogens is 2. The highest BCUT2D eigenvalue weighted by Gasteiger charge is 2.55. The normalized spacial score (nSPS) is 21.6. The lowest BCUT2D eigenvalue weighted by Gasteiger charge is -2.44. The highest BCUT2D eigenvalue weighted by molar-refractivity contribution is 6.75. The Kier molecular flexibility index (Phi) is 11.4. The highest BCUT2D eigenvalue weighted by Crippen LogP contribution is 2.46. The Morgan fingerprint density at radius 3 is 1.83 bits per heavy atom. The van der Waals surface area contributed by atoms with Crippen molar-refractivity contribution in [1.82, 2.24) is 9.55 Å². The van der Waals surface area contributed by atoms with Crippen molar-refractivity contribution in [2.45, 2.75) is 141 Å². The molecular formula is C33H57N3O8Si3. The van der Waals surface area contributed by atoms with Crippen LogP contribution in [0.1, 0.15) is 68.5 Å². The van der Waals surface area contributed by atoms with Crippen molar-refractivity contribution >= 4 is 30.6 Å². The second-order valence-corrected chi connectivity index (χ2v) is 31.4. The zero-order valence-corrected chi connectivity index (χ0v) is 34.1. The van der Waals surface area contributed by atoms with Gasteiger partial charge in [-0.2, -0.15) is 4.98 Å². The fourth-order valence-electron chi connectivity index (χ4n) is 4.33. The molecule has 0 unspecified atom stereocenters. The highest BCUT2D eigenvalue weighted by atomic mass is 28.4. The lowest BCUT2D eigenvalue weighted by atomic mass is 10.1. The van der Waals surface area contributed by atoms with Gasteiger partial charge in [0.05, 0.1) is 11.5 Å². The topological polar surface area (TPSA) is 124 Å². The third kappa shape index (κ3) is 8.88. The minimum Gasteiger partial charge on any atom is -0.432 e. The molecule has 0 radical (unpaired) electrons. The quantitative estimate of drug-likeness (QED) is 0.128. The van der Waals surface area contributed by atoms with Gasteiger partial charge < -0.3 is 22.8 Å². The maximum absolute atomic E-state index is 13.7. The van der Waals surface area contributed by atoms with Crippen molar-refractivity contribution in [3.63, 3.8) is 0 Å². The van der Waals surface area contributed by atoms with Crippen molar-refractivity contribution in [1.29, 1.82) is 0 Å². The van der Waals surface area contributed by atoms with E-state index < -0.39 is 60.1 Å². The molecule has 1 fully saturated rings. The Morgan fingerprint density at radius 1 is 0.830 bits per heavy atom. The average Bonchev–Trinajstić information content (AvgIpc) is 3.21. The molecule has 2 aromatic rings. The molecule has 0 saturated carbocycles. The molecule has 2 heterocycles. The van der Waals surface area contributed by atoms with Gasteiger partial charge in [0.2, 0.25) is 11.6 Å². The molecule has 0 aliphatic carbocycles. The van der Waals surface area contributed by atoms with E-state index in [-0.39, 0.29) is 32.4 Å². The van der Waals surface area contributed by atoms with Gasteiger partial charge in [0.1, 0.15) is 18.3 Å². The molecule has 1 saturated heterocycles. The number of nitro groups is 1. The van der Waals surface area contributed by atoms with Crippen LogP contribution in [0.4, 0.5) is 5.69 Å². The molecule has 1 aliphatic heterocycles. The van der Waals surface area contributed by atoms with Crippen LogP contribution in [0.3, 0.4) is 0 Å². The van der Waals surface area contributed by atoms with Gasteiger partial charge >= 0.3 is 11.4 Å². The molecule has 11 nitrogen and oxygen atoms in total. The number of hydrogen-bond donors (Lipinski definition) is 0. The molecule has 4 atom stereocenters. The number of benzene rings is 1. The van der Waals surface area contributed by atoms with Crippen molar-refractivity contribution in [2.75, 3.05) is 6.61 Å². The number of para-hydroxylation sites is 2. The van der Waals surface area contributed by atoms with Crippen LogP contribution in [0.5, 0.6) is 11.6 Å². The van der Waals surface area contributed by atoms with Crippen molar-refractivity contribution in [3.8, 4) is 11.6 Å². The summed E-state index contributed by atoms with van der Waals surface area (Å²) < 4.78 is 34.9. The van der Waals surface area contributed by atoms with Crippen LogP contribution < -0.4 is 10.4 Å². The summed E-state index contributed by atoms with van der Waals surface area (Å²) in [5, 5.41) is 11.3. The van der Waals surface area contributed by atoms with E-state index in [0.717, 1.165) is 0 Å². The van der Waals surface area contributed by atoms with Gasteiger partial charge in [-0.1, -0.05) is 74.4 Å². The van der Waals surface area contributed by atoms with Crippen molar-refractivity contribution in [3.05, 3.63) is 57.1 Å². The molecule has 264 valence electrons. The van der Waals surface area contributed by atoms with Crippen molar-refractivity contribution in [2.24, 2.45) is 0 Å². The number of ether oxygens (including phenoxy) is 2. The first-order valence-corrected chi connectivity index (χ1v) is 25.1. The minimum atomic E-state index is -2.42. The Labute approximate surface area is 283 Å². The Bertz CT molecular complexity index is 1470. The summed E-state index contributed by atoms with van der Waals surface area (Å²) in [5.74, 6) is -0.0728. The lowest BCUT2D eigenvalue weighted by molar-refractivity contribution is -0.385. The van der Waals surface area contributed by atoms with Gasteiger partial charge in [-0.25, -0.2) is 4.79 Å². The Morgan fingerprint density at radius 2 is 1.34 bits per heavy atom. The molecule has 1 aliphatic rings. The summed E-state index contributed by atoms with van der Waals surface area (Å²) in [4.78, 5) is 28.8. The summed E-state index contributed by atoms with van der Waals surface area (Å²) in [5.41, 5.74) is -0.859. The molecule has 0 spiro atoms. The summed E-state index contributed by atoms with van der Waals surface area (Å²) in [7, 11) is -6.96. The Hall–Kier alpha value is -2.21. The van der Waals surface area contributed by atoms with Gasteiger partial charge in [0.25, 0.3) is 0 Å². The minimum absolute atomic E-state index is 0.0101. The molecule has 3 rings (SSSR count). The zero-order chi connectivity index (χ0) is 36.0. The SMILES string of the molecule is CC(C)(C)[Si](C)(C)OC[C@H]1O[C@@H](n2ccc(Oc3ccccc3[N+](=O)[O-])nc2=O)[C@H](O[Si](C)(C)C(C)(C)C)[C@@H]1O[Si](C)(C)C(C)(C)C. The van der Waals surface area contributed by atoms with E-state index in [1.807, 2.05) is 0 Å². The second kappa shape index (κ2) is 13.6. The van der Waals surface area contributed by atoms with E-state index >= 15 is 0 Å². The van der Waals surface area contributed by atoms with Crippen LogP contribution in [0.25, 0.3) is 0 Å². The smallest absolute Gasteiger partial charge is 0.353 e. The predicted molar refractivity (Wildman–Crippen MR) is 193 cm³/mol. The number of rotatable bonds is 11. The summed E-state index contributed by atoms with van der Waals surface area (Å²) >= 11 is 0. The first kappa shape index (κ1) is 39.2. The van der Waals surface area contributed by atoms with Gasteiger partial charge in [-0.05, 0) is 60.5 Å². The van der Waals surface area contributed by atoms with Crippen LogP contribution in [0.2, 0.25) is 54.4 Å². The summed E-state index contributed by atoms with van der Waals surface area (Å²) in [6.45, 7) is 33.2. The maximum atomic E-state index is 13.7. The van der Waals surface area contributed by atoms with Crippen LogP contribution in [-0.2, 0) is 18.0 Å². The molecule has 14 heteroatoms. The standard InChI is InChI=1S/C33H57N3O8Si3/c1-31(2,3)45(10,11)40-22-25-27(43-46(12,13)32(4,5)6)28(44-47(14,15)33(7,8)9)29(42-25)35-21-20-26(34-30(35)37)41-24-19-17-16-18-23(24)36(38)39/h16-21,25,27-29H,22H2,1-15H3/t25-,27-,28-,29-/m1/s1. The number of nitrogens with zero attached hydrogens (tertiary/aromatic N) is 3. The van der Waals surface area contributed by atoms with Crippen LogP contribution in [0, 0.1) is 10.1 Å². The van der Waals surface area contributed by atoms with Gasteiger partial charge in [-0.3, -0.25) is 14.7 Å². The van der Waals surface area contributed by atoms with Gasteiger partial charge in [-0.15, -0.1) is 0 Å². The van der Waals surface area contributed by atoms with Crippen LogP contribution in [0.15, 0.2) is 41.3 Å². The number of hydrogen-bond acceptors (Lipinski definition) is 9. The second-order valence-electron chi connectivity index (χ2n) is 17.1. The molecule has 0 N–H and O–H groups in total. The van der Waals surface area contributed by atoms with E-state index in [2.05, 4.69) is 107 Å². The molecule has 0 amide bonds. The Balaban J connectivity index is 2.12. The molecule has 1 aromatic carbocycles. The van der Waals surface area contributed by atoms with E-state index in [4.69, 9.17) is 22.8 Å². The van der Waals surface area contributed by atoms with E-state index in [1.54, 1.807) is 18.3 Å².